The van der Waals surface area contributed by atoms with Crippen LogP contribution in [0.3, 0.4) is 0 Å². The van der Waals surface area contributed by atoms with E-state index in [0.717, 1.165) is 10.9 Å². The highest BCUT2D eigenvalue weighted by Gasteiger charge is 2.10. The summed E-state index contributed by atoms with van der Waals surface area (Å²) in [5, 5.41) is 20.5. The Balaban J connectivity index is 2.60. The lowest BCUT2D eigenvalue weighted by atomic mass is 9.80. The van der Waals surface area contributed by atoms with Crippen LogP contribution >= 0.6 is 11.5 Å². The predicted molar refractivity (Wildman–Crippen MR) is 49.4 cm³/mol. The summed E-state index contributed by atoms with van der Waals surface area (Å²) in [6.45, 7) is 0. The topological polar surface area (TPSA) is 53.4 Å². The molecule has 0 amide bonds. The molecule has 60 valence electrons. The Morgan fingerprint density at radius 2 is 2.17 bits per heavy atom. The third-order valence-corrected chi connectivity index (χ3v) is 2.34. The summed E-state index contributed by atoms with van der Waals surface area (Å²) >= 11 is 1.36. The average molecular weight is 179 g/mol. The van der Waals surface area contributed by atoms with Gasteiger partial charge in [0, 0.05) is 10.8 Å². The molecule has 0 saturated heterocycles. The molecular weight excluding hydrogens is 173 g/mol. The molecule has 2 N–H and O–H groups in total. The zero-order chi connectivity index (χ0) is 8.55. The van der Waals surface area contributed by atoms with Gasteiger partial charge in [0.05, 0.1) is 5.52 Å². The zero-order valence-electron chi connectivity index (χ0n) is 6.14. The molecule has 5 heteroatoms. The van der Waals surface area contributed by atoms with E-state index in [9.17, 15) is 0 Å². The Bertz CT molecular complexity index is 401. The molecule has 0 radical (unpaired) electrons. The van der Waals surface area contributed by atoms with E-state index in [4.69, 9.17) is 10.0 Å². The molecule has 1 heterocycles. The van der Waals surface area contributed by atoms with Gasteiger partial charge in [0.1, 0.15) is 0 Å². The number of hydrogen-bond acceptors (Lipinski definition) is 4. The van der Waals surface area contributed by atoms with Crippen LogP contribution in [0.4, 0.5) is 0 Å². The largest absolute Gasteiger partial charge is 0.488 e. The van der Waals surface area contributed by atoms with Crippen molar-refractivity contribution >= 4 is 35.0 Å². The summed E-state index contributed by atoms with van der Waals surface area (Å²) in [6, 6.07) is 5.16. The number of aromatic nitrogens is 1. The first kappa shape index (κ1) is 7.73. The molecule has 0 aliphatic carbocycles. The fourth-order valence-corrected chi connectivity index (χ4v) is 1.69. The van der Waals surface area contributed by atoms with Gasteiger partial charge in [0.15, 0.2) is 0 Å². The summed E-state index contributed by atoms with van der Waals surface area (Å²) in [6.07, 6.45) is 0. The first-order chi connectivity index (χ1) is 5.77. The molecule has 1 aromatic heterocycles. The van der Waals surface area contributed by atoms with Crippen LogP contribution in [0.2, 0.25) is 0 Å². The fraction of sp³-hybridized carbons (Fsp3) is 0. The highest BCUT2D eigenvalue weighted by Crippen LogP contribution is 2.12. The number of benzene rings is 1. The number of hydrogen-bond donors (Lipinski definition) is 2. The van der Waals surface area contributed by atoms with Crippen molar-refractivity contribution < 1.29 is 10.0 Å². The summed E-state index contributed by atoms with van der Waals surface area (Å²) in [5.74, 6) is 0. The third-order valence-electron chi connectivity index (χ3n) is 1.68. The van der Waals surface area contributed by atoms with E-state index in [2.05, 4.69) is 4.37 Å². The molecule has 0 unspecified atom stereocenters. The lowest BCUT2D eigenvalue weighted by molar-refractivity contribution is 0.426. The van der Waals surface area contributed by atoms with Crippen LogP contribution in [0.15, 0.2) is 23.6 Å². The Morgan fingerprint density at radius 3 is 2.92 bits per heavy atom. The number of rotatable bonds is 1. The fourth-order valence-electron chi connectivity index (χ4n) is 1.05. The van der Waals surface area contributed by atoms with Crippen LogP contribution in [0.25, 0.3) is 10.9 Å². The molecule has 12 heavy (non-hydrogen) atoms. The maximum absolute atomic E-state index is 8.86. The summed E-state index contributed by atoms with van der Waals surface area (Å²) in [7, 11) is -1.39. The van der Waals surface area contributed by atoms with Gasteiger partial charge in [-0.3, -0.25) is 0 Å². The minimum Gasteiger partial charge on any atom is -0.423 e. The second-order valence-corrected chi connectivity index (χ2v) is 3.14. The van der Waals surface area contributed by atoms with E-state index in [1.54, 1.807) is 18.2 Å². The van der Waals surface area contributed by atoms with Crippen molar-refractivity contribution in [2.24, 2.45) is 0 Å². The smallest absolute Gasteiger partial charge is 0.423 e. The quantitative estimate of drug-likeness (QED) is 0.604. The molecule has 0 fully saturated rings. The van der Waals surface area contributed by atoms with Crippen LogP contribution in [0.5, 0.6) is 0 Å². The van der Waals surface area contributed by atoms with Crippen molar-refractivity contribution in [3.8, 4) is 0 Å². The number of fused-ring (bicyclic) bond motifs is 1. The van der Waals surface area contributed by atoms with E-state index < -0.39 is 7.12 Å². The SMILES string of the molecule is OB(O)c1ccc2nscc2c1. The molecule has 0 aliphatic rings. The highest BCUT2D eigenvalue weighted by atomic mass is 32.1. The maximum atomic E-state index is 8.86. The van der Waals surface area contributed by atoms with Crippen molar-refractivity contribution in [1.29, 1.82) is 0 Å². The molecule has 2 aromatic rings. The summed E-state index contributed by atoms with van der Waals surface area (Å²) in [5.41, 5.74) is 1.40. The molecular formula is C7H6BNO2S. The van der Waals surface area contributed by atoms with Crippen molar-refractivity contribution in [3.05, 3.63) is 23.6 Å². The minimum absolute atomic E-state index is 0.503. The standard InChI is InChI=1S/C7H6BNO2S/c10-8(11)6-1-2-7-5(3-6)4-12-9-7/h1-4,10-11H. The number of nitrogens with zero attached hydrogens (tertiary/aromatic N) is 1. The summed E-state index contributed by atoms with van der Waals surface area (Å²) in [4.78, 5) is 0. The molecule has 1 aromatic carbocycles. The second-order valence-electron chi connectivity index (χ2n) is 2.51. The van der Waals surface area contributed by atoms with Gasteiger partial charge in [-0.25, -0.2) is 0 Å². The average Bonchev–Trinajstić information content (AvgIpc) is 2.49. The minimum atomic E-state index is -1.39. The van der Waals surface area contributed by atoms with Gasteiger partial charge in [-0.1, -0.05) is 12.1 Å². The molecule has 0 bridgehead atoms. The van der Waals surface area contributed by atoms with Crippen molar-refractivity contribution in [1.82, 2.24) is 4.37 Å². The Morgan fingerprint density at radius 1 is 1.33 bits per heavy atom. The van der Waals surface area contributed by atoms with Gasteiger partial charge in [0.2, 0.25) is 0 Å². The van der Waals surface area contributed by atoms with Gasteiger partial charge < -0.3 is 10.0 Å². The van der Waals surface area contributed by atoms with Crippen molar-refractivity contribution in [2.75, 3.05) is 0 Å². The van der Waals surface area contributed by atoms with Crippen LogP contribution in [-0.4, -0.2) is 21.5 Å². The van der Waals surface area contributed by atoms with Crippen LogP contribution in [0.1, 0.15) is 0 Å². The Hall–Kier alpha value is -0.905. The lowest BCUT2D eigenvalue weighted by Gasteiger charge is -1.97. The molecule has 0 aliphatic heterocycles. The summed E-state index contributed by atoms with van der Waals surface area (Å²) < 4.78 is 4.10. The van der Waals surface area contributed by atoms with E-state index in [1.807, 2.05) is 5.38 Å². The van der Waals surface area contributed by atoms with Crippen LogP contribution in [0, 0.1) is 0 Å². The van der Waals surface area contributed by atoms with Crippen molar-refractivity contribution in [2.45, 2.75) is 0 Å². The van der Waals surface area contributed by atoms with E-state index >= 15 is 0 Å². The molecule has 3 nitrogen and oxygen atoms in total. The molecule has 0 atom stereocenters. The normalized spacial score (nSPS) is 10.5. The molecule has 2 rings (SSSR count). The monoisotopic (exact) mass is 179 g/mol. The van der Waals surface area contributed by atoms with E-state index in [0.29, 0.717) is 5.46 Å². The van der Waals surface area contributed by atoms with Gasteiger partial charge in [-0.05, 0) is 23.1 Å². The predicted octanol–water partition coefficient (Wildman–Crippen LogP) is -0.0239. The zero-order valence-corrected chi connectivity index (χ0v) is 6.95. The Labute approximate surface area is 73.6 Å². The van der Waals surface area contributed by atoms with Crippen LogP contribution < -0.4 is 5.46 Å². The van der Waals surface area contributed by atoms with E-state index in [-0.39, 0.29) is 0 Å². The third kappa shape index (κ3) is 1.22. The van der Waals surface area contributed by atoms with E-state index in [1.165, 1.54) is 11.5 Å². The van der Waals surface area contributed by atoms with Gasteiger partial charge >= 0.3 is 7.12 Å². The highest BCUT2D eigenvalue weighted by molar-refractivity contribution is 7.04. The molecule has 0 saturated carbocycles. The first-order valence-electron chi connectivity index (χ1n) is 3.47. The lowest BCUT2D eigenvalue weighted by Crippen LogP contribution is -2.29. The molecule has 0 spiro atoms. The van der Waals surface area contributed by atoms with Crippen molar-refractivity contribution in [3.63, 3.8) is 0 Å². The van der Waals surface area contributed by atoms with Crippen LogP contribution in [-0.2, 0) is 0 Å². The van der Waals surface area contributed by atoms with Gasteiger partial charge in [-0.15, -0.1) is 0 Å². The maximum Gasteiger partial charge on any atom is 0.488 e. The van der Waals surface area contributed by atoms with Gasteiger partial charge in [-0.2, -0.15) is 4.37 Å². The van der Waals surface area contributed by atoms with Gasteiger partial charge in [0.25, 0.3) is 0 Å². The second kappa shape index (κ2) is 2.86. The Kier molecular flexibility index (Phi) is 1.84. The first-order valence-corrected chi connectivity index (χ1v) is 4.31.